The minimum Gasteiger partial charge on any atom is -0.394 e. The van der Waals surface area contributed by atoms with E-state index in [9.17, 15) is 5.11 Å². The summed E-state index contributed by atoms with van der Waals surface area (Å²) in [7, 11) is 0. The molecule has 1 heterocycles. The Kier molecular flexibility index (Phi) is 6.15. The van der Waals surface area contributed by atoms with Crippen molar-refractivity contribution in [2.24, 2.45) is 0 Å². The van der Waals surface area contributed by atoms with Gasteiger partial charge in [-0.25, -0.2) is 0 Å². The molecule has 0 radical (unpaired) electrons. The lowest BCUT2D eigenvalue weighted by atomic mass is 10.1. The molecule has 4 nitrogen and oxygen atoms in total. The van der Waals surface area contributed by atoms with Crippen LogP contribution in [0.4, 0.5) is 0 Å². The maximum atomic E-state index is 9.77. The number of aromatic nitrogens is 1. The van der Waals surface area contributed by atoms with E-state index in [4.69, 9.17) is 9.84 Å². The number of hydrogen-bond donors (Lipinski definition) is 2. The molecule has 0 saturated carbocycles. The highest BCUT2D eigenvalue weighted by Crippen LogP contribution is 2.18. The summed E-state index contributed by atoms with van der Waals surface area (Å²) in [6.45, 7) is 3.83. The third-order valence-electron chi connectivity index (χ3n) is 2.45. The molecule has 16 heavy (non-hydrogen) atoms. The van der Waals surface area contributed by atoms with Crippen LogP contribution in [-0.2, 0) is 11.3 Å². The molecule has 0 aliphatic heterocycles. The van der Waals surface area contributed by atoms with Crippen molar-refractivity contribution in [2.45, 2.75) is 32.4 Å². The van der Waals surface area contributed by atoms with E-state index in [1.54, 1.807) is 0 Å². The minimum atomic E-state index is -0.357. The van der Waals surface area contributed by atoms with Crippen LogP contribution in [0.15, 0.2) is 18.5 Å². The molecule has 0 spiro atoms. The molecule has 1 rings (SSSR count). The van der Waals surface area contributed by atoms with E-state index in [0.29, 0.717) is 13.2 Å². The zero-order chi connectivity index (χ0) is 11.8. The molecule has 1 aromatic rings. The van der Waals surface area contributed by atoms with Crippen LogP contribution in [0, 0.1) is 0 Å². The van der Waals surface area contributed by atoms with E-state index in [1.807, 2.05) is 23.0 Å². The second-order valence-corrected chi connectivity index (χ2v) is 3.82. The first kappa shape index (κ1) is 13.2. The molecule has 0 aliphatic rings. The molecule has 1 aromatic heterocycles. The Morgan fingerprint density at radius 1 is 1.44 bits per heavy atom. The van der Waals surface area contributed by atoms with Gasteiger partial charge in [0.15, 0.2) is 0 Å². The van der Waals surface area contributed by atoms with Gasteiger partial charge in [-0.3, -0.25) is 0 Å². The Morgan fingerprint density at radius 2 is 2.25 bits per heavy atom. The monoisotopic (exact) mass is 227 g/mol. The number of aliphatic hydroxyl groups is 2. The van der Waals surface area contributed by atoms with Crippen LogP contribution in [0.2, 0.25) is 0 Å². The lowest BCUT2D eigenvalue weighted by Crippen LogP contribution is -2.07. The van der Waals surface area contributed by atoms with Gasteiger partial charge >= 0.3 is 0 Å². The van der Waals surface area contributed by atoms with Gasteiger partial charge in [-0.15, -0.1) is 0 Å². The van der Waals surface area contributed by atoms with Crippen molar-refractivity contribution in [3.63, 3.8) is 0 Å². The molecule has 0 amide bonds. The number of rotatable bonds is 8. The van der Waals surface area contributed by atoms with E-state index >= 15 is 0 Å². The molecule has 0 aromatic carbocycles. The van der Waals surface area contributed by atoms with E-state index < -0.39 is 0 Å². The molecule has 0 aliphatic carbocycles. The summed E-state index contributed by atoms with van der Waals surface area (Å²) in [6, 6.07) is 1.94. The van der Waals surface area contributed by atoms with Crippen LogP contribution in [0.5, 0.6) is 0 Å². The van der Waals surface area contributed by atoms with Gasteiger partial charge in [-0.05, 0) is 18.1 Å². The quantitative estimate of drug-likeness (QED) is 0.659. The fraction of sp³-hybridized carbons (Fsp3) is 0.667. The first-order valence-electron chi connectivity index (χ1n) is 5.80. The summed E-state index contributed by atoms with van der Waals surface area (Å²) in [5.74, 6) is 0. The maximum Gasteiger partial charge on any atom is 0.0804 e. The highest BCUT2D eigenvalue weighted by Gasteiger charge is 2.07. The van der Waals surface area contributed by atoms with Crippen molar-refractivity contribution in [1.82, 2.24) is 4.57 Å². The maximum absolute atomic E-state index is 9.77. The second kappa shape index (κ2) is 7.44. The van der Waals surface area contributed by atoms with E-state index in [-0.39, 0.29) is 12.7 Å². The Balaban J connectivity index is 2.33. The highest BCUT2D eigenvalue weighted by molar-refractivity contribution is 5.13. The molecular formula is C12H21NO3. The predicted octanol–water partition coefficient (Wildman–Crippen LogP) is 1.33. The fourth-order valence-electron chi connectivity index (χ4n) is 1.57. The van der Waals surface area contributed by atoms with Crippen molar-refractivity contribution in [3.05, 3.63) is 24.0 Å². The summed E-state index contributed by atoms with van der Waals surface area (Å²) in [5, 5.41) is 18.3. The molecule has 2 N–H and O–H groups in total. The van der Waals surface area contributed by atoms with Gasteiger partial charge in [-0.2, -0.15) is 0 Å². The average Bonchev–Trinajstić information content (AvgIpc) is 2.73. The molecule has 0 bridgehead atoms. The van der Waals surface area contributed by atoms with Gasteiger partial charge in [-0.1, -0.05) is 13.3 Å². The summed E-state index contributed by atoms with van der Waals surface area (Å²) >= 11 is 0. The van der Waals surface area contributed by atoms with Crippen LogP contribution in [-0.4, -0.2) is 34.6 Å². The predicted molar refractivity (Wildman–Crippen MR) is 62.2 cm³/mol. The molecule has 92 valence electrons. The minimum absolute atomic E-state index is 0.0616. The second-order valence-electron chi connectivity index (χ2n) is 3.82. The lowest BCUT2D eigenvalue weighted by Gasteiger charge is -2.06. The van der Waals surface area contributed by atoms with Crippen LogP contribution < -0.4 is 0 Å². The largest absolute Gasteiger partial charge is 0.394 e. The zero-order valence-corrected chi connectivity index (χ0v) is 9.80. The Labute approximate surface area is 96.5 Å². The summed E-state index contributed by atoms with van der Waals surface area (Å²) in [5.41, 5.74) is 0.962. The normalized spacial score (nSPS) is 12.9. The third-order valence-corrected chi connectivity index (χ3v) is 2.45. The molecule has 4 heteroatoms. The van der Waals surface area contributed by atoms with E-state index in [1.165, 1.54) is 0 Å². The third kappa shape index (κ3) is 4.35. The molecule has 0 saturated heterocycles. The van der Waals surface area contributed by atoms with Crippen molar-refractivity contribution < 1.29 is 14.9 Å². The summed E-state index contributed by atoms with van der Waals surface area (Å²) in [6.07, 6.45) is 5.31. The van der Waals surface area contributed by atoms with Gasteiger partial charge in [0, 0.05) is 18.9 Å². The molecule has 0 fully saturated rings. The number of aliphatic hydroxyl groups excluding tert-OH is 2. The van der Waals surface area contributed by atoms with Crippen LogP contribution in [0.1, 0.15) is 31.4 Å². The number of ether oxygens (including phenoxy) is 1. The summed E-state index contributed by atoms with van der Waals surface area (Å²) in [4.78, 5) is 0. The van der Waals surface area contributed by atoms with Gasteiger partial charge in [0.05, 0.1) is 25.9 Å². The van der Waals surface area contributed by atoms with Crippen molar-refractivity contribution in [3.8, 4) is 0 Å². The van der Waals surface area contributed by atoms with Gasteiger partial charge in [0.25, 0.3) is 0 Å². The van der Waals surface area contributed by atoms with Gasteiger partial charge in [0.2, 0.25) is 0 Å². The zero-order valence-electron chi connectivity index (χ0n) is 9.80. The van der Waals surface area contributed by atoms with E-state index in [0.717, 1.165) is 24.9 Å². The Hall–Kier alpha value is -0.840. The van der Waals surface area contributed by atoms with Crippen LogP contribution in [0.25, 0.3) is 0 Å². The van der Waals surface area contributed by atoms with E-state index in [2.05, 4.69) is 6.92 Å². The first-order chi connectivity index (χ1) is 7.77. The smallest absolute Gasteiger partial charge is 0.0804 e. The van der Waals surface area contributed by atoms with Crippen molar-refractivity contribution >= 4 is 0 Å². The standard InChI is InChI=1S/C12H21NO3/c1-2-3-12(15)11-4-5-13(10-11)6-8-16-9-7-14/h4-5,10,12,14-15H,2-3,6-9H2,1H3. The van der Waals surface area contributed by atoms with Crippen LogP contribution >= 0.6 is 0 Å². The SMILES string of the molecule is CCCC(O)c1ccn(CCOCCO)c1. The first-order valence-corrected chi connectivity index (χ1v) is 5.80. The lowest BCUT2D eigenvalue weighted by molar-refractivity contribution is 0.0869. The Bertz CT molecular complexity index is 286. The molecule has 1 atom stereocenters. The van der Waals surface area contributed by atoms with Crippen molar-refractivity contribution in [2.75, 3.05) is 19.8 Å². The van der Waals surface area contributed by atoms with Gasteiger partial charge < -0.3 is 19.5 Å². The highest BCUT2D eigenvalue weighted by atomic mass is 16.5. The summed E-state index contributed by atoms with van der Waals surface area (Å²) < 4.78 is 7.16. The topological polar surface area (TPSA) is 54.6 Å². The van der Waals surface area contributed by atoms with Gasteiger partial charge in [0.1, 0.15) is 0 Å². The molecular weight excluding hydrogens is 206 g/mol. The average molecular weight is 227 g/mol. The molecule has 1 unspecified atom stereocenters. The van der Waals surface area contributed by atoms with Crippen molar-refractivity contribution in [1.29, 1.82) is 0 Å². The Morgan fingerprint density at radius 3 is 2.94 bits per heavy atom. The number of nitrogens with zero attached hydrogens (tertiary/aromatic N) is 1. The fourth-order valence-corrected chi connectivity index (χ4v) is 1.57. The van der Waals surface area contributed by atoms with Crippen LogP contribution in [0.3, 0.4) is 0 Å². The number of hydrogen-bond acceptors (Lipinski definition) is 3.